The maximum Gasteiger partial charge on any atom is 0.323 e. The van der Waals surface area contributed by atoms with Crippen molar-refractivity contribution in [2.45, 2.75) is 38.1 Å². The van der Waals surface area contributed by atoms with Crippen LogP contribution in [0.25, 0.3) is 0 Å². The molecule has 0 aromatic rings. The molecule has 1 rings (SSSR count). The fourth-order valence-electron chi connectivity index (χ4n) is 2.28. The molecule has 0 aromatic heterocycles. The lowest BCUT2D eigenvalue weighted by atomic mass is 9.96. The van der Waals surface area contributed by atoms with Gasteiger partial charge in [0.05, 0.1) is 0 Å². The third kappa shape index (κ3) is 5.33. The molecule has 1 aliphatic rings. The molecule has 0 aromatic carbocycles. The number of hydrogen-bond donors (Lipinski definition) is 2. The molecule has 0 radical (unpaired) electrons. The van der Waals surface area contributed by atoms with Gasteiger partial charge in [0.25, 0.3) is 0 Å². The first kappa shape index (κ1) is 15.4. The lowest BCUT2D eigenvalue weighted by Gasteiger charge is -2.27. The fraction of sp³-hybridized carbons (Fsp3) is 0.923. The largest absolute Gasteiger partial charge is 0.480 e. The first-order valence-corrected chi connectivity index (χ1v) is 6.70. The number of carbonyl (C=O) groups is 1. The predicted octanol–water partition coefficient (Wildman–Crippen LogP) is 0.927. The lowest BCUT2D eigenvalue weighted by molar-refractivity contribution is -0.142. The monoisotopic (exact) mass is 258 g/mol. The number of carboxylic acid groups (broad SMARTS) is 1. The summed E-state index contributed by atoms with van der Waals surface area (Å²) in [5.41, 5.74) is 4.60. The zero-order valence-corrected chi connectivity index (χ0v) is 11.5. The smallest absolute Gasteiger partial charge is 0.323 e. The average molecular weight is 258 g/mol. The lowest BCUT2D eigenvalue weighted by Crippen LogP contribution is -2.45. The summed E-state index contributed by atoms with van der Waals surface area (Å²) in [4.78, 5) is 13.1. The Bertz CT molecular complexity index is 263. The Morgan fingerprint density at radius 2 is 2.11 bits per heavy atom. The van der Waals surface area contributed by atoms with Gasteiger partial charge < -0.3 is 20.5 Å². The van der Waals surface area contributed by atoms with Crippen molar-refractivity contribution >= 4 is 5.97 Å². The van der Waals surface area contributed by atoms with Gasteiger partial charge in [-0.25, -0.2) is 0 Å². The third-order valence-corrected chi connectivity index (χ3v) is 3.64. The summed E-state index contributed by atoms with van der Waals surface area (Å²) < 4.78 is 5.33. The first-order chi connectivity index (χ1) is 8.42. The van der Waals surface area contributed by atoms with Crippen molar-refractivity contribution in [1.29, 1.82) is 0 Å². The maximum absolute atomic E-state index is 10.9. The number of rotatable bonds is 7. The summed E-state index contributed by atoms with van der Waals surface area (Å²) >= 11 is 0. The van der Waals surface area contributed by atoms with Gasteiger partial charge in [0, 0.05) is 19.8 Å². The van der Waals surface area contributed by atoms with Crippen molar-refractivity contribution in [3.8, 4) is 0 Å². The topological polar surface area (TPSA) is 75.8 Å². The van der Waals surface area contributed by atoms with Gasteiger partial charge >= 0.3 is 5.97 Å². The van der Waals surface area contributed by atoms with Crippen molar-refractivity contribution < 1.29 is 14.6 Å². The molecule has 0 amide bonds. The Labute approximate surface area is 109 Å². The Kier molecular flexibility index (Phi) is 6.05. The molecule has 1 heterocycles. The summed E-state index contributed by atoms with van der Waals surface area (Å²) in [6.45, 7) is 5.29. The second kappa shape index (κ2) is 7.07. The highest BCUT2D eigenvalue weighted by Gasteiger charge is 2.27. The summed E-state index contributed by atoms with van der Waals surface area (Å²) in [6.07, 6.45) is 3.60. The highest BCUT2D eigenvalue weighted by atomic mass is 16.5. The summed E-state index contributed by atoms with van der Waals surface area (Å²) in [5, 5.41) is 8.92. The van der Waals surface area contributed by atoms with Crippen LogP contribution in [0.15, 0.2) is 0 Å². The van der Waals surface area contributed by atoms with Crippen molar-refractivity contribution in [3.05, 3.63) is 0 Å². The van der Waals surface area contributed by atoms with E-state index in [0.717, 1.165) is 45.6 Å². The molecule has 1 unspecified atom stereocenters. The van der Waals surface area contributed by atoms with Crippen molar-refractivity contribution in [2.75, 3.05) is 33.4 Å². The zero-order chi connectivity index (χ0) is 13.6. The van der Waals surface area contributed by atoms with Gasteiger partial charge in [-0.3, -0.25) is 4.79 Å². The van der Waals surface area contributed by atoms with Crippen LogP contribution in [0.5, 0.6) is 0 Å². The molecule has 3 N–H and O–H groups in total. The summed E-state index contributed by atoms with van der Waals surface area (Å²) in [6, 6.07) is 0. The van der Waals surface area contributed by atoms with Gasteiger partial charge in [-0.2, -0.15) is 0 Å². The van der Waals surface area contributed by atoms with Crippen LogP contribution in [0.4, 0.5) is 0 Å². The van der Waals surface area contributed by atoms with E-state index < -0.39 is 11.5 Å². The second-order valence-corrected chi connectivity index (χ2v) is 5.64. The van der Waals surface area contributed by atoms with E-state index >= 15 is 0 Å². The molecule has 5 heteroatoms. The normalized spacial score (nSPS) is 20.9. The Balaban J connectivity index is 2.16. The van der Waals surface area contributed by atoms with E-state index in [9.17, 15) is 4.79 Å². The minimum atomic E-state index is -1.10. The molecule has 0 aliphatic carbocycles. The number of ether oxygens (including phenoxy) is 1. The van der Waals surface area contributed by atoms with Gasteiger partial charge in [-0.1, -0.05) is 0 Å². The van der Waals surface area contributed by atoms with E-state index in [1.54, 1.807) is 6.92 Å². The average Bonchev–Trinajstić information content (AvgIpc) is 2.29. The van der Waals surface area contributed by atoms with Crippen LogP contribution in [0.2, 0.25) is 0 Å². The van der Waals surface area contributed by atoms with E-state index in [1.807, 2.05) is 0 Å². The molecule has 1 aliphatic heterocycles. The Morgan fingerprint density at radius 3 is 2.67 bits per heavy atom. The van der Waals surface area contributed by atoms with Crippen LogP contribution in [-0.4, -0.2) is 54.9 Å². The van der Waals surface area contributed by atoms with E-state index in [1.165, 1.54) is 0 Å². The first-order valence-electron chi connectivity index (χ1n) is 6.70. The van der Waals surface area contributed by atoms with Crippen LogP contribution in [-0.2, 0) is 9.53 Å². The summed E-state index contributed by atoms with van der Waals surface area (Å²) in [5.74, 6) is -0.206. The molecule has 1 fully saturated rings. The minimum absolute atomic E-state index is 0.514. The van der Waals surface area contributed by atoms with Crippen molar-refractivity contribution in [3.63, 3.8) is 0 Å². The maximum atomic E-state index is 10.9. The number of carboxylic acids is 1. The van der Waals surface area contributed by atoms with E-state index in [2.05, 4.69) is 11.9 Å². The molecule has 18 heavy (non-hydrogen) atoms. The molecule has 1 saturated heterocycles. The van der Waals surface area contributed by atoms with E-state index in [-0.39, 0.29) is 0 Å². The number of hydrogen-bond acceptors (Lipinski definition) is 4. The molecule has 106 valence electrons. The van der Waals surface area contributed by atoms with Crippen LogP contribution in [0, 0.1) is 5.92 Å². The minimum Gasteiger partial charge on any atom is -0.480 e. The van der Waals surface area contributed by atoms with Gasteiger partial charge in [0.1, 0.15) is 5.54 Å². The highest BCUT2D eigenvalue weighted by molar-refractivity contribution is 5.77. The SMILES string of the molecule is CN(CCCC(C)(N)C(=O)O)CC1CCOCC1. The second-order valence-electron chi connectivity index (χ2n) is 5.64. The highest BCUT2D eigenvalue weighted by Crippen LogP contribution is 2.16. The van der Waals surface area contributed by atoms with Gasteiger partial charge in [0.15, 0.2) is 0 Å². The van der Waals surface area contributed by atoms with Crippen LogP contribution in [0.1, 0.15) is 32.6 Å². The molecular weight excluding hydrogens is 232 g/mol. The predicted molar refractivity (Wildman–Crippen MR) is 70.5 cm³/mol. The number of nitrogens with two attached hydrogens (primary N) is 1. The quantitative estimate of drug-likeness (QED) is 0.710. The molecule has 1 atom stereocenters. The van der Waals surface area contributed by atoms with Gasteiger partial charge in [-0.05, 0) is 52.1 Å². The molecular formula is C13H26N2O3. The zero-order valence-electron chi connectivity index (χ0n) is 11.5. The third-order valence-electron chi connectivity index (χ3n) is 3.64. The Morgan fingerprint density at radius 1 is 1.50 bits per heavy atom. The number of nitrogens with zero attached hydrogens (tertiary/aromatic N) is 1. The molecule has 5 nitrogen and oxygen atoms in total. The summed E-state index contributed by atoms with van der Waals surface area (Å²) in [7, 11) is 2.09. The van der Waals surface area contributed by atoms with Crippen molar-refractivity contribution in [2.24, 2.45) is 11.7 Å². The Hall–Kier alpha value is -0.650. The van der Waals surface area contributed by atoms with Crippen LogP contribution >= 0.6 is 0 Å². The fourth-order valence-corrected chi connectivity index (χ4v) is 2.28. The van der Waals surface area contributed by atoms with Crippen molar-refractivity contribution in [1.82, 2.24) is 4.90 Å². The molecule has 0 spiro atoms. The van der Waals surface area contributed by atoms with E-state index in [0.29, 0.717) is 12.3 Å². The van der Waals surface area contributed by atoms with Gasteiger partial charge in [-0.15, -0.1) is 0 Å². The van der Waals surface area contributed by atoms with Crippen LogP contribution in [0.3, 0.4) is 0 Å². The van der Waals surface area contributed by atoms with Gasteiger partial charge in [0.2, 0.25) is 0 Å². The molecule has 0 saturated carbocycles. The van der Waals surface area contributed by atoms with E-state index in [4.69, 9.17) is 15.6 Å². The van der Waals surface area contributed by atoms with Crippen LogP contribution < -0.4 is 5.73 Å². The molecule has 0 bridgehead atoms. The number of aliphatic carboxylic acids is 1. The standard InChI is InChI=1S/C13H26N2O3/c1-13(14,12(16)17)6-3-7-15(2)10-11-4-8-18-9-5-11/h11H,3-10,14H2,1-2H3,(H,16,17).